The zero-order chi connectivity index (χ0) is 17.5. The molecular weight excluding hydrogens is 344 g/mol. The number of nitrogens with zero attached hydrogens (tertiary/aromatic N) is 4. The lowest BCUT2D eigenvalue weighted by atomic mass is 10.2. The molecule has 1 aromatic carbocycles. The van der Waals surface area contributed by atoms with Crippen molar-refractivity contribution >= 4 is 23.3 Å². The molecule has 0 aliphatic rings. The Labute approximate surface area is 148 Å². The molecule has 0 atom stereocenters. The van der Waals surface area contributed by atoms with Gasteiger partial charge in [0.05, 0.1) is 12.7 Å². The maximum atomic E-state index is 11.7. The van der Waals surface area contributed by atoms with Crippen molar-refractivity contribution in [2.75, 3.05) is 18.4 Å². The van der Waals surface area contributed by atoms with E-state index in [1.54, 1.807) is 12.1 Å². The molecule has 25 heavy (non-hydrogen) atoms. The SMILES string of the molecule is O=C(CNCCc1nc(-c2ccc(Cl)cc2)no1)Nc1cnccn1. The molecule has 0 unspecified atom stereocenters. The predicted molar refractivity (Wildman–Crippen MR) is 92.0 cm³/mol. The van der Waals surface area contributed by atoms with Crippen LogP contribution >= 0.6 is 11.6 Å². The Morgan fingerprint density at radius 3 is 2.80 bits per heavy atom. The monoisotopic (exact) mass is 358 g/mol. The summed E-state index contributed by atoms with van der Waals surface area (Å²) in [5.41, 5.74) is 0.829. The lowest BCUT2D eigenvalue weighted by molar-refractivity contribution is -0.115. The first kappa shape index (κ1) is 17.0. The molecule has 3 rings (SSSR count). The van der Waals surface area contributed by atoms with Gasteiger partial charge in [-0.25, -0.2) is 4.98 Å². The van der Waals surface area contributed by atoms with Crippen molar-refractivity contribution in [1.29, 1.82) is 0 Å². The molecule has 0 aliphatic carbocycles. The molecule has 2 heterocycles. The van der Waals surface area contributed by atoms with Gasteiger partial charge >= 0.3 is 0 Å². The molecule has 0 spiro atoms. The van der Waals surface area contributed by atoms with Crippen LogP contribution in [0.15, 0.2) is 47.4 Å². The van der Waals surface area contributed by atoms with E-state index in [4.69, 9.17) is 16.1 Å². The van der Waals surface area contributed by atoms with Crippen LogP contribution in [-0.4, -0.2) is 39.1 Å². The summed E-state index contributed by atoms with van der Waals surface area (Å²) in [6.07, 6.45) is 5.04. The summed E-state index contributed by atoms with van der Waals surface area (Å²) in [5.74, 6) is 1.21. The van der Waals surface area contributed by atoms with Gasteiger partial charge in [0.2, 0.25) is 17.6 Å². The van der Waals surface area contributed by atoms with E-state index in [1.165, 1.54) is 18.6 Å². The van der Waals surface area contributed by atoms with Crippen molar-refractivity contribution in [2.24, 2.45) is 0 Å². The largest absolute Gasteiger partial charge is 0.339 e. The molecule has 2 aromatic heterocycles. The Morgan fingerprint density at radius 1 is 1.20 bits per heavy atom. The highest BCUT2D eigenvalue weighted by Gasteiger charge is 2.09. The molecule has 128 valence electrons. The van der Waals surface area contributed by atoms with Gasteiger partial charge in [0.1, 0.15) is 0 Å². The molecule has 1 amide bonds. The maximum absolute atomic E-state index is 11.7. The van der Waals surface area contributed by atoms with Crippen molar-refractivity contribution in [3.63, 3.8) is 0 Å². The van der Waals surface area contributed by atoms with Gasteiger partial charge in [-0.15, -0.1) is 0 Å². The number of amides is 1. The summed E-state index contributed by atoms with van der Waals surface area (Å²) >= 11 is 5.85. The van der Waals surface area contributed by atoms with Crippen molar-refractivity contribution in [3.8, 4) is 11.4 Å². The Balaban J connectivity index is 1.42. The van der Waals surface area contributed by atoms with Crippen LogP contribution in [0.2, 0.25) is 5.02 Å². The van der Waals surface area contributed by atoms with Crippen molar-refractivity contribution in [2.45, 2.75) is 6.42 Å². The van der Waals surface area contributed by atoms with Gasteiger partial charge in [0.25, 0.3) is 0 Å². The van der Waals surface area contributed by atoms with Crippen LogP contribution < -0.4 is 10.6 Å². The molecule has 0 aliphatic heterocycles. The van der Waals surface area contributed by atoms with Crippen molar-refractivity contribution in [1.82, 2.24) is 25.4 Å². The van der Waals surface area contributed by atoms with Gasteiger partial charge in [0.15, 0.2) is 5.82 Å². The second-order valence-corrected chi connectivity index (χ2v) is 5.52. The van der Waals surface area contributed by atoms with E-state index in [2.05, 4.69) is 30.7 Å². The highest BCUT2D eigenvalue weighted by atomic mass is 35.5. The van der Waals surface area contributed by atoms with Crippen molar-refractivity contribution in [3.05, 3.63) is 53.8 Å². The molecule has 3 aromatic rings. The number of carbonyl (C=O) groups excluding carboxylic acids is 1. The Bertz CT molecular complexity index is 822. The van der Waals surface area contributed by atoms with Crippen LogP contribution in [0.5, 0.6) is 0 Å². The van der Waals surface area contributed by atoms with Gasteiger partial charge in [-0.3, -0.25) is 9.78 Å². The van der Waals surface area contributed by atoms with E-state index >= 15 is 0 Å². The minimum Gasteiger partial charge on any atom is -0.339 e. The molecule has 8 nitrogen and oxygen atoms in total. The smallest absolute Gasteiger partial charge is 0.239 e. The first-order chi connectivity index (χ1) is 12.2. The number of anilines is 1. The van der Waals surface area contributed by atoms with Crippen LogP contribution in [0, 0.1) is 0 Å². The third-order valence-corrected chi connectivity index (χ3v) is 3.45. The quantitative estimate of drug-likeness (QED) is 0.622. The summed E-state index contributed by atoms with van der Waals surface area (Å²) < 4.78 is 5.20. The third kappa shape index (κ3) is 5.07. The highest BCUT2D eigenvalue weighted by molar-refractivity contribution is 6.30. The van der Waals surface area contributed by atoms with Gasteiger partial charge in [-0.05, 0) is 24.3 Å². The van der Waals surface area contributed by atoms with Crippen LogP contribution in [0.1, 0.15) is 5.89 Å². The fourth-order valence-electron chi connectivity index (χ4n) is 2.02. The second kappa shape index (κ2) is 8.32. The molecule has 0 bridgehead atoms. The topological polar surface area (TPSA) is 106 Å². The molecule has 0 fully saturated rings. The minimum absolute atomic E-state index is 0.148. The number of nitrogens with one attached hydrogen (secondary N) is 2. The second-order valence-electron chi connectivity index (χ2n) is 5.08. The van der Waals surface area contributed by atoms with Gasteiger partial charge in [-0.1, -0.05) is 16.8 Å². The number of carbonyl (C=O) groups is 1. The lowest BCUT2D eigenvalue weighted by Crippen LogP contribution is -2.29. The number of halogens is 1. The number of hydrogen-bond donors (Lipinski definition) is 2. The van der Waals surface area contributed by atoms with Crippen LogP contribution in [0.4, 0.5) is 5.82 Å². The van der Waals surface area contributed by atoms with E-state index in [-0.39, 0.29) is 12.5 Å². The number of aromatic nitrogens is 4. The van der Waals surface area contributed by atoms with Crippen LogP contribution in [-0.2, 0) is 11.2 Å². The van der Waals surface area contributed by atoms with E-state index in [1.807, 2.05) is 12.1 Å². The average Bonchev–Trinajstić information content (AvgIpc) is 3.09. The molecule has 0 radical (unpaired) electrons. The third-order valence-electron chi connectivity index (χ3n) is 3.20. The van der Waals surface area contributed by atoms with Crippen LogP contribution in [0.25, 0.3) is 11.4 Å². The summed E-state index contributed by atoms with van der Waals surface area (Å²) in [5, 5.41) is 10.2. The van der Waals surface area contributed by atoms with Gasteiger partial charge < -0.3 is 15.2 Å². The fraction of sp³-hybridized carbons (Fsp3) is 0.188. The molecule has 0 saturated carbocycles. The zero-order valence-electron chi connectivity index (χ0n) is 13.1. The first-order valence-electron chi connectivity index (χ1n) is 7.56. The van der Waals surface area contributed by atoms with E-state index in [0.29, 0.717) is 35.5 Å². The van der Waals surface area contributed by atoms with E-state index < -0.39 is 0 Å². The zero-order valence-corrected chi connectivity index (χ0v) is 13.9. The first-order valence-corrected chi connectivity index (χ1v) is 7.93. The summed E-state index contributed by atoms with van der Waals surface area (Å²) in [6.45, 7) is 0.672. The van der Waals surface area contributed by atoms with Crippen molar-refractivity contribution < 1.29 is 9.32 Å². The Kier molecular flexibility index (Phi) is 5.65. The molecule has 9 heteroatoms. The molecule has 0 saturated heterocycles. The molecule has 2 N–H and O–H groups in total. The summed E-state index contributed by atoms with van der Waals surface area (Å²) in [6, 6.07) is 7.19. The van der Waals surface area contributed by atoms with E-state index in [0.717, 1.165) is 5.56 Å². The summed E-state index contributed by atoms with van der Waals surface area (Å²) in [7, 11) is 0. The van der Waals surface area contributed by atoms with Gasteiger partial charge in [0, 0.05) is 35.9 Å². The normalized spacial score (nSPS) is 10.6. The standard InChI is InChI=1S/C16H15ClN6O2/c17-12-3-1-11(2-4-12)16-22-15(25-23-16)5-6-18-10-14(24)21-13-9-19-7-8-20-13/h1-4,7-9,18H,5-6,10H2,(H,20,21,24). The van der Waals surface area contributed by atoms with E-state index in [9.17, 15) is 4.79 Å². The fourth-order valence-corrected chi connectivity index (χ4v) is 2.15. The maximum Gasteiger partial charge on any atom is 0.239 e. The number of rotatable bonds is 7. The number of benzene rings is 1. The lowest BCUT2D eigenvalue weighted by Gasteiger charge is -2.04. The van der Waals surface area contributed by atoms with Gasteiger partial charge in [-0.2, -0.15) is 4.98 Å². The Morgan fingerprint density at radius 2 is 2.04 bits per heavy atom. The summed E-state index contributed by atoms with van der Waals surface area (Å²) in [4.78, 5) is 23.9. The molecular formula is C16H15ClN6O2. The van der Waals surface area contributed by atoms with Crippen LogP contribution in [0.3, 0.4) is 0 Å². The Hall–Kier alpha value is -2.84. The number of hydrogen-bond acceptors (Lipinski definition) is 7. The average molecular weight is 359 g/mol. The highest BCUT2D eigenvalue weighted by Crippen LogP contribution is 2.18. The minimum atomic E-state index is -0.201. The predicted octanol–water partition coefficient (Wildman–Crippen LogP) is 1.95.